The predicted octanol–water partition coefficient (Wildman–Crippen LogP) is 2.49. The van der Waals surface area contributed by atoms with E-state index in [9.17, 15) is 5.11 Å². The normalized spacial score (nSPS) is 10.8. The molecule has 0 aliphatic rings. The van der Waals surface area contributed by atoms with Crippen LogP contribution in [0.5, 0.6) is 0 Å². The van der Waals surface area contributed by atoms with Crippen LogP contribution in [0.3, 0.4) is 0 Å². The van der Waals surface area contributed by atoms with E-state index in [-0.39, 0.29) is 11.8 Å². The summed E-state index contributed by atoms with van der Waals surface area (Å²) in [5.41, 5.74) is 3.43. The third-order valence-electron chi connectivity index (χ3n) is 2.81. The van der Waals surface area contributed by atoms with Gasteiger partial charge < -0.3 is 5.11 Å². The summed E-state index contributed by atoms with van der Waals surface area (Å²) in [5.74, 6) is 0. The minimum absolute atomic E-state index is 0.216. The minimum Gasteiger partial charge on any atom is -0.391 e. The Morgan fingerprint density at radius 3 is 2.37 bits per heavy atom. The Hall–Kier alpha value is -1.24. The summed E-state index contributed by atoms with van der Waals surface area (Å²) >= 11 is 7.19. The Morgan fingerprint density at radius 2 is 1.79 bits per heavy atom. The number of aromatic nitrogens is 4. The van der Waals surface area contributed by atoms with E-state index in [0.717, 1.165) is 17.0 Å². The summed E-state index contributed by atoms with van der Waals surface area (Å²) in [5, 5.41) is 10.7. The van der Waals surface area contributed by atoms with Gasteiger partial charge in [-0.15, -0.1) is 0 Å². The molecule has 19 heavy (non-hydrogen) atoms. The summed E-state index contributed by atoms with van der Waals surface area (Å²) in [6.45, 7) is 5.65. The molecular formula is C12H13ClN4OS. The highest BCUT2D eigenvalue weighted by Crippen LogP contribution is 2.29. The molecule has 0 radical (unpaired) electrons. The summed E-state index contributed by atoms with van der Waals surface area (Å²) in [4.78, 5) is 16.8. The van der Waals surface area contributed by atoms with Crippen molar-refractivity contribution in [2.24, 2.45) is 0 Å². The van der Waals surface area contributed by atoms with Crippen molar-refractivity contribution in [3.05, 3.63) is 34.0 Å². The Bertz CT molecular complexity index is 598. The summed E-state index contributed by atoms with van der Waals surface area (Å²) in [6.07, 6.45) is 1.36. The molecule has 0 spiro atoms. The first-order chi connectivity index (χ1) is 9.02. The molecule has 2 aromatic heterocycles. The predicted molar refractivity (Wildman–Crippen MR) is 73.3 cm³/mol. The van der Waals surface area contributed by atoms with Gasteiger partial charge in [-0.2, -0.15) is 0 Å². The van der Waals surface area contributed by atoms with Crippen LogP contribution in [0.2, 0.25) is 5.15 Å². The molecule has 0 aromatic carbocycles. The fourth-order valence-electron chi connectivity index (χ4n) is 1.47. The lowest BCUT2D eigenvalue weighted by Crippen LogP contribution is -2.00. The maximum atomic E-state index is 9.31. The first-order valence-electron chi connectivity index (χ1n) is 5.63. The molecule has 0 bridgehead atoms. The molecule has 0 saturated carbocycles. The lowest BCUT2D eigenvalue weighted by molar-refractivity contribution is 0.277. The van der Waals surface area contributed by atoms with Crippen molar-refractivity contribution in [1.29, 1.82) is 0 Å². The fourth-order valence-corrected chi connectivity index (χ4v) is 2.64. The number of halogens is 1. The Balaban J connectivity index is 2.39. The van der Waals surface area contributed by atoms with Crippen molar-refractivity contribution in [3.63, 3.8) is 0 Å². The maximum absolute atomic E-state index is 9.31. The standard InChI is InChI=1S/C12H13ClN4OS/c1-6-7(2)16-12(17-8(6)3)19-11-9(4-18)10(13)14-5-15-11/h5,18H,4H2,1-3H3. The molecule has 2 heterocycles. The van der Waals surface area contributed by atoms with Crippen molar-refractivity contribution in [3.8, 4) is 0 Å². The van der Waals surface area contributed by atoms with Gasteiger partial charge in [0.05, 0.1) is 6.61 Å². The van der Waals surface area contributed by atoms with E-state index in [2.05, 4.69) is 19.9 Å². The van der Waals surface area contributed by atoms with Crippen LogP contribution in [-0.4, -0.2) is 25.0 Å². The highest BCUT2D eigenvalue weighted by atomic mass is 35.5. The fraction of sp³-hybridized carbons (Fsp3) is 0.333. The smallest absolute Gasteiger partial charge is 0.194 e. The average Bonchev–Trinajstić information content (AvgIpc) is 2.36. The van der Waals surface area contributed by atoms with Crippen molar-refractivity contribution < 1.29 is 5.11 Å². The van der Waals surface area contributed by atoms with Gasteiger partial charge in [-0.05, 0) is 38.1 Å². The van der Waals surface area contributed by atoms with E-state index >= 15 is 0 Å². The van der Waals surface area contributed by atoms with Crippen molar-refractivity contribution >= 4 is 23.4 Å². The van der Waals surface area contributed by atoms with Crippen LogP contribution in [0.15, 0.2) is 16.5 Å². The Morgan fingerprint density at radius 1 is 1.16 bits per heavy atom. The molecule has 0 atom stereocenters. The van der Waals surface area contributed by atoms with Crippen LogP contribution >= 0.6 is 23.4 Å². The second kappa shape index (κ2) is 5.81. The largest absolute Gasteiger partial charge is 0.391 e. The quantitative estimate of drug-likeness (QED) is 0.693. The van der Waals surface area contributed by atoms with Crippen molar-refractivity contribution in [1.82, 2.24) is 19.9 Å². The molecule has 0 aliphatic carbocycles. The summed E-state index contributed by atoms with van der Waals surface area (Å²) in [7, 11) is 0. The van der Waals surface area contributed by atoms with E-state index in [1.807, 2.05) is 20.8 Å². The molecule has 0 fully saturated rings. The first kappa shape index (κ1) is 14.2. The summed E-state index contributed by atoms with van der Waals surface area (Å²) < 4.78 is 0. The second-order valence-corrected chi connectivity index (χ2v) is 5.32. The molecule has 2 aromatic rings. The number of rotatable bonds is 3. The lowest BCUT2D eigenvalue weighted by atomic mass is 10.2. The Labute approximate surface area is 120 Å². The van der Waals surface area contributed by atoms with E-state index < -0.39 is 0 Å². The van der Waals surface area contributed by atoms with Gasteiger partial charge in [0.1, 0.15) is 16.5 Å². The number of aryl methyl sites for hydroxylation is 2. The van der Waals surface area contributed by atoms with E-state index in [0.29, 0.717) is 15.7 Å². The molecule has 0 saturated heterocycles. The Kier molecular flexibility index (Phi) is 4.34. The molecule has 0 unspecified atom stereocenters. The van der Waals surface area contributed by atoms with Gasteiger partial charge in [0.15, 0.2) is 5.16 Å². The zero-order valence-corrected chi connectivity index (χ0v) is 12.4. The number of aliphatic hydroxyl groups is 1. The summed E-state index contributed by atoms with van der Waals surface area (Å²) in [6, 6.07) is 0. The van der Waals surface area contributed by atoms with Gasteiger partial charge in [0.2, 0.25) is 0 Å². The molecule has 100 valence electrons. The van der Waals surface area contributed by atoms with Crippen LogP contribution < -0.4 is 0 Å². The topological polar surface area (TPSA) is 71.8 Å². The van der Waals surface area contributed by atoms with E-state index in [1.54, 1.807) is 0 Å². The molecule has 5 nitrogen and oxygen atoms in total. The molecule has 0 amide bonds. The number of hydrogen-bond acceptors (Lipinski definition) is 6. The molecule has 0 aliphatic heterocycles. The monoisotopic (exact) mass is 296 g/mol. The molecule has 1 N–H and O–H groups in total. The molecular weight excluding hydrogens is 284 g/mol. The van der Waals surface area contributed by atoms with Crippen molar-refractivity contribution in [2.75, 3.05) is 0 Å². The van der Waals surface area contributed by atoms with Crippen LogP contribution in [0.1, 0.15) is 22.5 Å². The minimum atomic E-state index is -0.216. The van der Waals surface area contributed by atoms with E-state index in [4.69, 9.17) is 11.6 Å². The highest BCUT2D eigenvalue weighted by molar-refractivity contribution is 7.99. The van der Waals surface area contributed by atoms with Crippen LogP contribution in [0, 0.1) is 20.8 Å². The average molecular weight is 297 g/mol. The zero-order valence-electron chi connectivity index (χ0n) is 10.8. The first-order valence-corrected chi connectivity index (χ1v) is 6.82. The maximum Gasteiger partial charge on any atom is 0.194 e. The number of aliphatic hydroxyl groups excluding tert-OH is 1. The van der Waals surface area contributed by atoms with Crippen LogP contribution in [-0.2, 0) is 6.61 Å². The number of hydrogen-bond donors (Lipinski definition) is 1. The van der Waals surface area contributed by atoms with Gasteiger partial charge in [0, 0.05) is 17.0 Å². The van der Waals surface area contributed by atoms with Crippen LogP contribution in [0.4, 0.5) is 0 Å². The second-order valence-electron chi connectivity index (χ2n) is 4.01. The third-order valence-corrected chi connectivity index (χ3v) is 4.05. The molecule has 2 rings (SSSR count). The van der Waals surface area contributed by atoms with Gasteiger partial charge >= 0.3 is 0 Å². The highest BCUT2D eigenvalue weighted by Gasteiger charge is 2.13. The SMILES string of the molecule is Cc1nc(Sc2ncnc(Cl)c2CO)nc(C)c1C. The van der Waals surface area contributed by atoms with Crippen LogP contribution in [0.25, 0.3) is 0 Å². The lowest BCUT2D eigenvalue weighted by Gasteiger charge is -2.08. The van der Waals surface area contributed by atoms with Gasteiger partial charge in [-0.25, -0.2) is 19.9 Å². The van der Waals surface area contributed by atoms with Gasteiger partial charge in [-0.1, -0.05) is 11.6 Å². The zero-order chi connectivity index (χ0) is 14.0. The van der Waals surface area contributed by atoms with Crippen molar-refractivity contribution in [2.45, 2.75) is 37.6 Å². The molecule has 7 heteroatoms. The third kappa shape index (κ3) is 3.02. The van der Waals surface area contributed by atoms with Gasteiger partial charge in [0.25, 0.3) is 0 Å². The van der Waals surface area contributed by atoms with E-state index in [1.165, 1.54) is 18.1 Å². The van der Waals surface area contributed by atoms with Gasteiger partial charge in [-0.3, -0.25) is 0 Å². The number of nitrogens with zero attached hydrogens (tertiary/aromatic N) is 4.